The number of aliphatic imine (C=N–C) groups is 1. The molecule has 0 spiro atoms. The van der Waals surface area contributed by atoms with Crippen LogP contribution in [0.4, 0.5) is 11.6 Å². The van der Waals surface area contributed by atoms with E-state index in [0.29, 0.717) is 12.4 Å². The molecule has 0 amide bonds. The van der Waals surface area contributed by atoms with Crippen molar-refractivity contribution >= 4 is 23.0 Å². The van der Waals surface area contributed by atoms with E-state index in [-0.39, 0.29) is 11.9 Å². The quantitative estimate of drug-likeness (QED) is 0.836. The van der Waals surface area contributed by atoms with Crippen molar-refractivity contribution in [1.29, 1.82) is 0 Å². The maximum Gasteiger partial charge on any atom is 0.288 e. The van der Waals surface area contributed by atoms with Crippen molar-refractivity contribution in [3.05, 3.63) is 59.7 Å². The third-order valence-corrected chi connectivity index (χ3v) is 3.88. The molecule has 0 bridgehead atoms. The summed E-state index contributed by atoms with van der Waals surface area (Å²) in [5, 5.41) is 3.11. The number of nitrogens with zero attached hydrogens (tertiary/aromatic N) is 4. The van der Waals surface area contributed by atoms with E-state index in [1.807, 2.05) is 30.3 Å². The first-order valence-electron chi connectivity index (χ1n) is 8.16. The summed E-state index contributed by atoms with van der Waals surface area (Å²) in [6.45, 7) is 11.7. The first kappa shape index (κ1) is 16.7. The molecule has 25 heavy (non-hydrogen) atoms. The van der Waals surface area contributed by atoms with Gasteiger partial charge in [0.25, 0.3) is 5.82 Å². The largest absolute Gasteiger partial charge is 0.491 e. The second-order valence-electron chi connectivity index (χ2n) is 5.73. The molecule has 6 heteroatoms. The lowest BCUT2D eigenvalue weighted by atomic mass is 10.1. The van der Waals surface area contributed by atoms with Crippen LogP contribution in [0.5, 0.6) is 5.75 Å². The monoisotopic (exact) mass is 333 g/mol. The average Bonchev–Trinajstić information content (AvgIpc) is 3.11. The number of hydrogen-bond acceptors (Lipinski definition) is 5. The van der Waals surface area contributed by atoms with E-state index in [1.54, 1.807) is 0 Å². The molecule has 0 radical (unpaired) electrons. The molecule has 0 fully saturated rings. The van der Waals surface area contributed by atoms with Gasteiger partial charge in [0.2, 0.25) is 0 Å². The minimum Gasteiger partial charge on any atom is -0.491 e. The summed E-state index contributed by atoms with van der Waals surface area (Å²) in [6, 6.07) is 8.07. The Morgan fingerprint density at radius 1 is 1.24 bits per heavy atom. The van der Waals surface area contributed by atoms with Gasteiger partial charge < -0.3 is 14.9 Å². The second-order valence-corrected chi connectivity index (χ2v) is 5.73. The molecule has 126 valence electrons. The van der Waals surface area contributed by atoms with Crippen LogP contribution in [0.3, 0.4) is 0 Å². The molecule has 6 nitrogen and oxygen atoms in total. The van der Waals surface area contributed by atoms with Crippen LogP contribution in [-0.2, 0) is 0 Å². The first-order valence-corrected chi connectivity index (χ1v) is 8.16. The molecule has 2 aromatic rings. The highest BCUT2D eigenvalue weighted by Crippen LogP contribution is 2.23. The van der Waals surface area contributed by atoms with E-state index in [1.165, 1.54) is 12.4 Å². The molecule has 0 aliphatic carbocycles. The van der Waals surface area contributed by atoms with Crippen LogP contribution in [-0.4, -0.2) is 28.5 Å². The molecule has 1 aromatic heterocycles. The molecule has 0 saturated heterocycles. The van der Waals surface area contributed by atoms with Crippen molar-refractivity contribution in [2.75, 3.05) is 11.9 Å². The van der Waals surface area contributed by atoms with E-state index in [4.69, 9.17) is 11.3 Å². The van der Waals surface area contributed by atoms with Gasteiger partial charge in [0.05, 0.1) is 18.8 Å². The molecule has 0 unspecified atom stereocenters. The van der Waals surface area contributed by atoms with Gasteiger partial charge in [-0.05, 0) is 42.7 Å². The van der Waals surface area contributed by atoms with Crippen molar-refractivity contribution in [1.82, 2.24) is 9.97 Å². The summed E-state index contributed by atoms with van der Waals surface area (Å²) in [4.78, 5) is 15.8. The third kappa shape index (κ3) is 4.21. The SMILES string of the molecule is [C-]#[N+]c1cnc(NC2=NCC(c3ccc(O[C@@H](C)CC)cc3)=C2)cn1. The lowest BCUT2D eigenvalue weighted by Gasteiger charge is -2.12. The molecule has 3 rings (SSSR count). The molecular formula is C19H19N5O. The Hall–Kier alpha value is -3.20. The molecule has 1 aliphatic rings. The van der Waals surface area contributed by atoms with Crippen molar-refractivity contribution in [3.63, 3.8) is 0 Å². The number of aromatic nitrogens is 2. The molecule has 1 atom stereocenters. The number of nitrogens with one attached hydrogen (secondary N) is 1. The van der Waals surface area contributed by atoms with Gasteiger partial charge in [-0.15, -0.1) is 4.98 Å². The van der Waals surface area contributed by atoms with Crippen LogP contribution in [0.25, 0.3) is 10.4 Å². The van der Waals surface area contributed by atoms with E-state index in [0.717, 1.165) is 29.1 Å². The van der Waals surface area contributed by atoms with Gasteiger partial charge in [-0.25, -0.2) is 4.98 Å². The zero-order valence-corrected chi connectivity index (χ0v) is 14.2. The Labute approximate surface area is 147 Å². The Morgan fingerprint density at radius 3 is 2.68 bits per heavy atom. The van der Waals surface area contributed by atoms with Gasteiger partial charge >= 0.3 is 0 Å². The van der Waals surface area contributed by atoms with E-state index in [2.05, 4.69) is 39.0 Å². The maximum atomic E-state index is 6.88. The molecule has 1 aliphatic heterocycles. The summed E-state index contributed by atoms with van der Waals surface area (Å²) in [5.74, 6) is 2.46. The Kier molecular flexibility index (Phi) is 5.05. The fraction of sp³-hybridized carbons (Fsp3) is 0.263. The summed E-state index contributed by atoms with van der Waals surface area (Å²) in [6.07, 6.45) is 6.16. The normalized spacial score (nSPS) is 14.3. The van der Waals surface area contributed by atoms with Crippen LogP contribution in [0.1, 0.15) is 25.8 Å². The molecule has 1 aromatic carbocycles. The molecule has 0 saturated carbocycles. The van der Waals surface area contributed by atoms with Crippen LogP contribution in [0.15, 0.2) is 47.7 Å². The Bertz CT molecular complexity index is 832. The van der Waals surface area contributed by atoms with Gasteiger partial charge in [0.1, 0.15) is 11.6 Å². The molecular weight excluding hydrogens is 314 g/mol. The zero-order chi connectivity index (χ0) is 17.6. The van der Waals surface area contributed by atoms with Crippen LogP contribution >= 0.6 is 0 Å². The fourth-order valence-electron chi connectivity index (χ4n) is 2.31. The smallest absolute Gasteiger partial charge is 0.288 e. The number of benzene rings is 1. The van der Waals surface area contributed by atoms with E-state index >= 15 is 0 Å². The van der Waals surface area contributed by atoms with Crippen molar-refractivity contribution in [3.8, 4) is 5.75 Å². The molecule has 2 heterocycles. The van der Waals surface area contributed by atoms with Crippen molar-refractivity contribution in [2.45, 2.75) is 26.4 Å². The highest BCUT2D eigenvalue weighted by molar-refractivity contribution is 6.10. The number of amidine groups is 1. The summed E-state index contributed by atoms with van der Waals surface area (Å²) < 4.78 is 5.80. The third-order valence-electron chi connectivity index (χ3n) is 3.88. The van der Waals surface area contributed by atoms with Gasteiger partial charge in [0, 0.05) is 0 Å². The number of anilines is 1. The lowest BCUT2D eigenvalue weighted by Crippen LogP contribution is -2.09. The van der Waals surface area contributed by atoms with Gasteiger partial charge in [0.15, 0.2) is 12.0 Å². The maximum absolute atomic E-state index is 6.88. The summed E-state index contributed by atoms with van der Waals surface area (Å²) in [5.41, 5.74) is 2.25. The average molecular weight is 333 g/mol. The summed E-state index contributed by atoms with van der Waals surface area (Å²) in [7, 11) is 0. The number of ether oxygens (including phenoxy) is 1. The van der Waals surface area contributed by atoms with Crippen LogP contribution in [0, 0.1) is 6.57 Å². The summed E-state index contributed by atoms with van der Waals surface area (Å²) >= 11 is 0. The molecule has 1 N–H and O–H groups in total. The lowest BCUT2D eigenvalue weighted by molar-refractivity contribution is 0.217. The first-order chi connectivity index (χ1) is 12.2. The standard InChI is InChI=1S/C19H19N5O/c1-4-13(2)25-16-7-5-14(6-8-16)15-9-17(21-10-15)24-19-12-22-18(20-3)11-23-19/h5-9,11-13H,4,10H2,1-2H3,(H,21,23,24)/t13-/m0/s1. The van der Waals surface area contributed by atoms with Gasteiger partial charge in [-0.1, -0.05) is 25.6 Å². The Morgan fingerprint density at radius 2 is 2.04 bits per heavy atom. The number of hydrogen-bond donors (Lipinski definition) is 1. The predicted molar refractivity (Wildman–Crippen MR) is 99.0 cm³/mol. The van der Waals surface area contributed by atoms with E-state index < -0.39 is 0 Å². The zero-order valence-electron chi connectivity index (χ0n) is 14.2. The minimum absolute atomic E-state index is 0.214. The van der Waals surface area contributed by atoms with Crippen LogP contribution < -0.4 is 10.1 Å². The van der Waals surface area contributed by atoms with Gasteiger partial charge in [-0.3, -0.25) is 4.99 Å². The topological polar surface area (TPSA) is 63.8 Å². The highest BCUT2D eigenvalue weighted by atomic mass is 16.5. The predicted octanol–water partition coefficient (Wildman–Crippen LogP) is 4.11. The van der Waals surface area contributed by atoms with Gasteiger partial charge in [-0.2, -0.15) is 0 Å². The number of rotatable bonds is 5. The van der Waals surface area contributed by atoms with Crippen molar-refractivity contribution < 1.29 is 4.74 Å². The van der Waals surface area contributed by atoms with Crippen LogP contribution in [0.2, 0.25) is 0 Å². The minimum atomic E-state index is 0.214. The fourth-order valence-corrected chi connectivity index (χ4v) is 2.31. The second kappa shape index (κ2) is 7.58. The highest BCUT2D eigenvalue weighted by Gasteiger charge is 2.12. The van der Waals surface area contributed by atoms with E-state index in [9.17, 15) is 0 Å². The van der Waals surface area contributed by atoms with Crippen molar-refractivity contribution in [2.24, 2.45) is 4.99 Å². The Balaban J connectivity index is 1.64.